The number of rotatable bonds is 7. The smallest absolute Gasteiger partial charge is 0.258 e. The molecule has 0 N–H and O–H groups in total. The van der Waals surface area contributed by atoms with E-state index in [-0.39, 0.29) is 11.7 Å². The second kappa shape index (κ2) is 9.38. The minimum absolute atomic E-state index is 0.0371. The normalized spacial score (nSPS) is 10.5. The molecule has 0 aliphatic rings. The summed E-state index contributed by atoms with van der Waals surface area (Å²) < 4.78 is 0. The van der Waals surface area contributed by atoms with E-state index in [1.807, 2.05) is 92.7 Å². The van der Waals surface area contributed by atoms with Gasteiger partial charge in [0, 0.05) is 28.3 Å². The molecule has 0 unspecified atom stereocenters. The van der Waals surface area contributed by atoms with Crippen LogP contribution in [0.5, 0.6) is 0 Å². The third kappa shape index (κ3) is 4.90. The Labute approximate surface area is 170 Å². The van der Waals surface area contributed by atoms with E-state index in [1.165, 1.54) is 11.8 Å². The van der Waals surface area contributed by atoms with Gasteiger partial charge in [-0.05, 0) is 49.7 Å². The molecule has 0 spiro atoms. The van der Waals surface area contributed by atoms with Gasteiger partial charge in [0.05, 0.1) is 5.75 Å². The van der Waals surface area contributed by atoms with Crippen LogP contribution in [0, 0.1) is 6.92 Å². The molecule has 3 rings (SSSR count). The van der Waals surface area contributed by atoms with Crippen LogP contribution in [0.2, 0.25) is 0 Å². The molecule has 1 amide bonds. The van der Waals surface area contributed by atoms with Gasteiger partial charge in [0.2, 0.25) is 0 Å². The number of amides is 1. The second-order valence-electron chi connectivity index (χ2n) is 6.49. The Kier molecular flexibility index (Phi) is 6.66. The molecule has 0 heterocycles. The molecule has 0 aliphatic carbocycles. The zero-order valence-electron chi connectivity index (χ0n) is 16.1. The van der Waals surface area contributed by atoms with Crippen LogP contribution in [0.15, 0.2) is 83.8 Å². The number of ketones is 1. The molecule has 0 saturated carbocycles. The van der Waals surface area contributed by atoms with Crippen molar-refractivity contribution in [1.82, 2.24) is 0 Å². The number of Topliss-reactive ketones (excluding diaryl/α,β-unsaturated/α-hetero) is 1. The van der Waals surface area contributed by atoms with Crippen LogP contribution in [0.4, 0.5) is 5.69 Å². The van der Waals surface area contributed by atoms with Crippen molar-refractivity contribution in [2.75, 3.05) is 17.2 Å². The maximum atomic E-state index is 13.0. The minimum atomic E-state index is -0.0371. The zero-order valence-corrected chi connectivity index (χ0v) is 16.9. The predicted octanol–water partition coefficient (Wildman–Crippen LogP) is 5.64. The fourth-order valence-electron chi connectivity index (χ4n) is 2.97. The van der Waals surface area contributed by atoms with Crippen LogP contribution in [0.25, 0.3) is 0 Å². The number of thioether (sulfide) groups is 1. The summed E-state index contributed by atoms with van der Waals surface area (Å²) in [7, 11) is 0. The molecule has 3 nitrogen and oxygen atoms in total. The van der Waals surface area contributed by atoms with E-state index in [0.29, 0.717) is 23.4 Å². The molecular formula is C24H23NO2S. The quantitative estimate of drug-likeness (QED) is 0.388. The molecule has 142 valence electrons. The lowest BCUT2D eigenvalue weighted by molar-refractivity contribution is 0.0986. The third-order valence-corrected chi connectivity index (χ3v) is 5.42. The number of carbonyl (C=O) groups is 2. The molecule has 3 aromatic carbocycles. The van der Waals surface area contributed by atoms with Crippen molar-refractivity contribution >= 4 is 29.1 Å². The molecule has 0 aromatic heterocycles. The molecular weight excluding hydrogens is 366 g/mol. The first-order valence-corrected chi connectivity index (χ1v) is 10.3. The Balaban J connectivity index is 1.73. The molecule has 3 aromatic rings. The molecule has 4 heteroatoms. The lowest BCUT2D eigenvalue weighted by Crippen LogP contribution is -2.30. The molecule has 0 saturated heterocycles. The summed E-state index contributed by atoms with van der Waals surface area (Å²) in [6.45, 7) is 4.58. The SMILES string of the molecule is CCN(C(=O)c1cccc(SCC(=O)c2ccccc2)c1)c1cccc(C)c1. The van der Waals surface area contributed by atoms with E-state index in [4.69, 9.17) is 0 Å². The third-order valence-electron chi connectivity index (χ3n) is 4.42. The maximum Gasteiger partial charge on any atom is 0.258 e. The summed E-state index contributed by atoms with van der Waals surface area (Å²) in [5, 5.41) is 0. The Hall–Kier alpha value is -2.85. The average molecular weight is 390 g/mol. The Morgan fingerprint density at radius 2 is 1.57 bits per heavy atom. The van der Waals surface area contributed by atoms with E-state index in [0.717, 1.165) is 16.1 Å². The number of aryl methyl sites for hydroxylation is 1. The van der Waals surface area contributed by atoms with E-state index in [1.54, 1.807) is 4.90 Å². The van der Waals surface area contributed by atoms with Gasteiger partial charge in [-0.2, -0.15) is 0 Å². The van der Waals surface area contributed by atoms with Crippen molar-refractivity contribution in [3.8, 4) is 0 Å². The first-order chi connectivity index (χ1) is 13.6. The van der Waals surface area contributed by atoms with Gasteiger partial charge in [0.1, 0.15) is 0 Å². The number of carbonyl (C=O) groups excluding carboxylic acids is 2. The van der Waals surface area contributed by atoms with Crippen LogP contribution in [0.3, 0.4) is 0 Å². The van der Waals surface area contributed by atoms with Crippen LogP contribution in [0.1, 0.15) is 33.2 Å². The number of anilines is 1. The highest BCUT2D eigenvalue weighted by Gasteiger charge is 2.17. The highest BCUT2D eigenvalue weighted by molar-refractivity contribution is 8.00. The van der Waals surface area contributed by atoms with E-state index >= 15 is 0 Å². The van der Waals surface area contributed by atoms with Crippen molar-refractivity contribution in [2.24, 2.45) is 0 Å². The summed E-state index contributed by atoms with van der Waals surface area (Å²) in [5.41, 5.74) is 3.34. The minimum Gasteiger partial charge on any atom is -0.309 e. The Bertz CT molecular complexity index is 969. The van der Waals surface area contributed by atoms with Crippen molar-refractivity contribution < 1.29 is 9.59 Å². The summed E-state index contributed by atoms with van der Waals surface area (Å²) in [4.78, 5) is 28.0. The van der Waals surface area contributed by atoms with Gasteiger partial charge in [0.15, 0.2) is 5.78 Å². The first-order valence-electron chi connectivity index (χ1n) is 9.28. The van der Waals surface area contributed by atoms with Crippen molar-refractivity contribution in [1.29, 1.82) is 0 Å². The van der Waals surface area contributed by atoms with Gasteiger partial charge in [-0.25, -0.2) is 0 Å². The Morgan fingerprint density at radius 1 is 0.857 bits per heavy atom. The van der Waals surface area contributed by atoms with E-state index in [9.17, 15) is 9.59 Å². The topological polar surface area (TPSA) is 37.4 Å². The summed E-state index contributed by atoms with van der Waals surface area (Å²) >= 11 is 1.45. The van der Waals surface area contributed by atoms with Gasteiger partial charge in [-0.3, -0.25) is 9.59 Å². The maximum absolute atomic E-state index is 13.0. The highest BCUT2D eigenvalue weighted by atomic mass is 32.2. The monoisotopic (exact) mass is 389 g/mol. The van der Waals surface area contributed by atoms with Gasteiger partial charge < -0.3 is 4.90 Å². The van der Waals surface area contributed by atoms with E-state index < -0.39 is 0 Å². The molecule has 0 radical (unpaired) electrons. The number of benzene rings is 3. The van der Waals surface area contributed by atoms with Gasteiger partial charge >= 0.3 is 0 Å². The zero-order chi connectivity index (χ0) is 19.9. The number of hydrogen-bond acceptors (Lipinski definition) is 3. The number of hydrogen-bond donors (Lipinski definition) is 0. The van der Waals surface area contributed by atoms with Crippen LogP contribution >= 0.6 is 11.8 Å². The second-order valence-corrected chi connectivity index (χ2v) is 7.54. The van der Waals surface area contributed by atoms with Crippen molar-refractivity contribution in [3.05, 3.63) is 95.6 Å². The lowest BCUT2D eigenvalue weighted by atomic mass is 10.1. The molecule has 28 heavy (non-hydrogen) atoms. The molecule has 0 bridgehead atoms. The van der Waals surface area contributed by atoms with Gasteiger partial charge in [-0.1, -0.05) is 48.5 Å². The van der Waals surface area contributed by atoms with Gasteiger partial charge in [-0.15, -0.1) is 11.8 Å². The van der Waals surface area contributed by atoms with Crippen LogP contribution < -0.4 is 4.90 Å². The van der Waals surface area contributed by atoms with Crippen LogP contribution in [-0.2, 0) is 0 Å². The van der Waals surface area contributed by atoms with Crippen molar-refractivity contribution in [3.63, 3.8) is 0 Å². The average Bonchev–Trinajstić information content (AvgIpc) is 2.73. The fourth-order valence-corrected chi connectivity index (χ4v) is 3.82. The predicted molar refractivity (Wildman–Crippen MR) is 116 cm³/mol. The Morgan fingerprint density at radius 3 is 2.29 bits per heavy atom. The first kappa shape index (κ1) is 19.9. The standard InChI is InChI=1S/C24H23NO2S/c1-3-25(21-13-7-9-18(2)15-21)24(27)20-12-8-14-22(16-20)28-17-23(26)19-10-5-4-6-11-19/h4-16H,3,17H2,1-2H3. The molecule has 0 fully saturated rings. The molecule has 0 aliphatic heterocycles. The summed E-state index contributed by atoms with van der Waals surface area (Å²) in [6.07, 6.45) is 0. The summed E-state index contributed by atoms with van der Waals surface area (Å²) in [6, 6.07) is 24.7. The lowest BCUT2D eigenvalue weighted by Gasteiger charge is -2.22. The summed E-state index contributed by atoms with van der Waals surface area (Å²) in [5.74, 6) is 0.388. The fraction of sp³-hybridized carbons (Fsp3) is 0.167. The molecule has 0 atom stereocenters. The highest BCUT2D eigenvalue weighted by Crippen LogP contribution is 2.23. The number of nitrogens with zero attached hydrogens (tertiary/aromatic N) is 1. The van der Waals surface area contributed by atoms with Crippen LogP contribution in [-0.4, -0.2) is 24.0 Å². The largest absolute Gasteiger partial charge is 0.309 e. The van der Waals surface area contributed by atoms with Crippen molar-refractivity contribution in [2.45, 2.75) is 18.7 Å². The van der Waals surface area contributed by atoms with E-state index in [2.05, 4.69) is 0 Å². The van der Waals surface area contributed by atoms with Gasteiger partial charge in [0.25, 0.3) is 5.91 Å².